The predicted molar refractivity (Wildman–Crippen MR) is 120 cm³/mol. The van der Waals surface area contributed by atoms with Crippen LogP contribution >= 0.6 is 0 Å². The van der Waals surface area contributed by atoms with Gasteiger partial charge in [-0.3, -0.25) is 9.59 Å². The Hall–Kier alpha value is -2.30. The number of hydrogen-bond donors (Lipinski definition) is 2. The van der Waals surface area contributed by atoms with Crippen molar-refractivity contribution in [3.63, 3.8) is 0 Å². The van der Waals surface area contributed by atoms with Crippen LogP contribution in [0.3, 0.4) is 0 Å². The van der Waals surface area contributed by atoms with Gasteiger partial charge in [0.15, 0.2) is 0 Å². The molecule has 2 amide bonds. The molecule has 1 aromatic carbocycles. The van der Waals surface area contributed by atoms with Gasteiger partial charge in [0.2, 0.25) is 11.8 Å². The molecule has 2 aliphatic rings. The van der Waals surface area contributed by atoms with Crippen LogP contribution in [0.15, 0.2) is 30.5 Å². The van der Waals surface area contributed by atoms with Crippen molar-refractivity contribution in [1.82, 2.24) is 15.2 Å². The van der Waals surface area contributed by atoms with E-state index in [0.29, 0.717) is 12.3 Å². The molecule has 2 N–H and O–H groups in total. The highest BCUT2D eigenvalue weighted by Crippen LogP contribution is 2.44. The average Bonchev–Trinajstić information content (AvgIpc) is 3.34. The van der Waals surface area contributed by atoms with Crippen molar-refractivity contribution < 1.29 is 9.59 Å². The molecule has 0 radical (unpaired) electrons. The topological polar surface area (TPSA) is 65.2 Å². The van der Waals surface area contributed by atoms with E-state index < -0.39 is 5.41 Å². The zero-order valence-electron chi connectivity index (χ0n) is 18.6. The molecule has 0 spiro atoms. The first kappa shape index (κ1) is 21.0. The molecule has 0 bridgehead atoms. The quantitative estimate of drug-likeness (QED) is 0.766. The number of benzene rings is 1. The van der Waals surface area contributed by atoms with Gasteiger partial charge >= 0.3 is 0 Å². The highest BCUT2D eigenvalue weighted by atomic mass is 16.2. The number of fused-ring (bicyclic) bond motifs is 1. The lowest BCUT2D eigenvalue weighted by Crippen LogP contribution is -2.49. The van der Waals surface area contributed by atoms with Crippen LogP contribution in [0.5, 0.6) is 0 Å². The van der Waals surface area contributed by atoms with Crippen LogP contribution in [0.25, 0.3) is 10.9 Å². The summed E-state index contributed by atoms with van der Waals surface area (Å²) >= 11 is 0. The first-order chi connectivity index (χ1) is 14.3. The van der Waals surface area contributed by atoms with E-state index in [1.54, 1.807) is 0 Å². The molecule has 1 saturated heterocycles. The van der Waals surface area contributed by atoms with Crippen LogP contribution in [-0.2, 0) is 9.59 Å². The van der Waals surface area contributed by atoms with Gasteiger partial charge in [0.1, 0.15) is 0 Å². The molecule has 5 nitrogen and oxygen atoms in total. The van der Waals surface area contributed by atoms with Gasteiger partial charge in [-0.25, -0.2) is 0 Å². The van der Waals surface area contributed by atoms with Crippen LogP contribution in [-0.4, -0.2) is 40.3 Å². The normalized spacial score (nSPS) is 19.9. The summed E-state index contributed by atoms with van der Waals surface area (Å²) < 4.78 is 0. The second-order valence-electron chi connectivity index (χ2n) is 10.3. The Labute approximate surface area is 179 Å². The Balaban J connectivity index is 1.42. The number of nitrogens with one attached hydrogen (secondary N) is 2. The third kappa shape index (κ3) is 4.26. The molecule has 1 aliphatic heterocycles. The lowest BCUT2D eigenvalue weighted by molar-refractivity contribution is -0.146. The summed E-state index contributed by atoms with van der Waals surface area (Å²) in [5.74, 6) is 0.696. The molecule has 4 rings (SSSR count). The molecule has 2 heterocycles. The highest BCUT2D eigenvalue weighted by Gasteiger charge is 2.45. The lowest BCUT2D eigenvalue weighted by atomic mass is 9.79. The maximum absolute atomic E-state index is 13.6. The minimum absolute atomic E-state index is 0.00595. The van der Waals surface area contributed by atoms with Gasteiger partial charge in [-0.2, -0.15) is 0 Å². The number of carbonyl (C=O) groups excluding carboxylic acids is 2. The van der Waals surface area contributed by atoms with Crippen LogP contribution < -0.4 is 5.32 Å². The van der Waals surface area contributed by atoms with Gasteiger partial charge in [-0.05, 0) is 64.0 Å². The highest BCUT2D eigenvalue weighted by molar-refractivity contribution is 5.89. The van der Waals surface area contributed by atoms with Gasteiger partial charge in [0.25, 0.3) is 0 Å². The maximum Gasteiger partial charge on any atom is 0.229 e. The minimum Gasteiger partial charge on any atom is -0.361 e. The van der Waals surface area contributed by atoms with Gasteiger partial charge in [0, 0.05) is 42.1 Å². The van der Waals surface area contributed by atoms with E-state index in [4.69, 9.17) is 0 Å². The molecular formula is C25H35N3O2. The van der Waals surface area contributed by atoms with E-state index in [1.165, 1.54) is 16.5 Å². The average molecular weight is 410 g/mol. The molecule has 30 heavy (non-hydrogen) atoms. The van der Waals surface area contributed by atoms with E-state index in [-0.39, 0.29) is 17.4 Å². The number of H-pyrrole nitrogens is 1. The summed E-state index contributed by atoms with van der Waals surface area (Å²) in [6, 6.07) is 8.44. The molecule has 162 valence electrons. The second kappa shape index (κ2) is 8.09. The molecule has 1 aliphatic carbocycles. The Kier molecular flexibility index (Phi) is 5.65. The summed E-state index contributed by atoms with van der Waals surface area (Å²) in [4.78, 5) is 31.7. The third-order valence-corrected chi connectivity index (χ3v) is 6.87. The van der Waals surface area contributed by atoms with Gasteiger partial charge in [-0.15, -0.1) is 0 Å². The molecule has 1 saturated carbocycles. The minimum atomic E-state index is -0.497. The standard InChI is InChI=1S/C25H35N3O2/c1-24(2,3)27-22(29)16-25(12-6-7-13-25)23(30)28-14-10-18(11-15-28)20-17-26-21-9-5-4-8-19(20)21/h4-5,8-9,17-18,26H,6-7,10-16H2,1-3H3,(H,27,29). The van der Waals surface area contributed by atoms with Gasteiger partial charge in [-0.1, -0.05) is 31.0 Å². The number of amides is 2. The number of aromatic nitrogens is 1. The molecule has 1 aromatic heterocycles. The molecule has 2 aromatic rings. The zero-order valence-corrected chi connectivity index (χ0v) is 18.6. The number of aromatic amines is 1. The largest absolute Gasteiger partial charge is 0.361 e. The second-order valence-corrected chi connectivity index (χ2v) is 10.3. The van der Waals surface area contributed by atoms with E-state index in [1.807, 2.05) is 25.7 Å². The maximum atomic E-state index is 13.6. The number of para-hydroxylation sites is 1. The zero-order chi connectivity index (χ0) is 21.4. The summed E-state index contributed by atoms with van der Waals surface area (Å²) in [7, 11) is 0. The number of hydrogen-bond acceptors (Lipinski definition) is 2. The smallest absolute Gasteiger partial charge is 0.229 e. The van der Waals surface area contributed by atoms with Crippen LogP contribution in [0.2, 0.25) is 0 Å². The van der Waals surface area contributed by atoms with E-state index in [0.717, 1.165) is 51.6 Å². The van der Waals surface area contributed by atoms with Crippen molar-refractivity contribution in [1.29, 1.82) is 0 Å². The van der Waals surface area contributed by atoms with Crippen molar-refractivity contribution in [2.24, 2.45) is 5.41 Å². The Morgan fingerprint density at radius 1 is 1.13 bits per heavy atom. The summed E-state index contributed by atoms with van der Waals surface area (Å²) in [5, 5.41) is 4.36. The lowest BCUT2D eigenvalue weighted by Gasteiger charge is -2.38. The first-order valence-corrected chi connectivity index (χ1v) is 11.4. The summed E-state index contributed by atoms with van der Waals surface area (Å²) in [6.07, 6.45) is 8.20. The van der Waals surface area contributed by atoms with Crippen LogP contribution in [0.4, 0.5) is 0 Å². The van der Waals surface area contributed by atoms with Crippen molar-refractivity contribution in [3.8, 4) is 0 Å². The number of piperidine rings is 1. The van der Waals surface area contributed by atoms with Crippen LogP contribution in [0.1, 0.15) is 77.2 Å². The monoisotopic (exact) mass is 409 g/mol. The van der Waals surface area contributed by atoms with Crippen molar-refractivity contribution in [2.75, 3.05) is 13.1 Å². The number of nitrogens with zero attached hydrogens (tertiary/aromatic N) is 1. The third-order valence-electron chi connectivity index (χ3n) is 6.87. The van der Waals surface area contributed by atoms with Crippen molar-refractivity contribution in [3.05, 3.63) is 36.0 Å². The molecule has 5 heteroatoms. The predicted octanol–water partition coefficient (Wildman–Crippen LogP) is 4.74. The van der Waals surface area contributed by atoms with E-state index in [9.17, 15) is 9.59 Å². The van der Waals surface area contributed by atoms with Crippen molar-refractivity contribution >= 4 is 22.7 Å². The molecule has 0 unspecified atom stereocenters. The van der Waals surface area contributed by atoms with E-state index >= 15 is 0 Å². The fourth-order valence-electron chi connectivity index (χ4n) is 5.45. The molecule has 0 atom stereocenters. The van der Waals surface area contributed by atoms with Crippen molar-refractivity contribution in [2.45, 2.75) is 77.2 Å². The Morgan fingerprint density at radius 3 is 2.47 bits per heavy atom. The Morgan fingerprint density at radius 2 is 1.80 bits per heavy atom. The van der Waals surface area contributed by atoms with Crippen LogP contribution in [0, 0.1) is 5.41 Å². The molecular weight excluding hydrogens is 374 g/mol. The Bertz CT molecular complexity index is 910. The number of carbonyl (C=O) groups is 2. The molecule has 2 fully saturated rings. The summed E-state index contributed by atoms with van der Waals surface area (Å²) in [5.41, 5.74) is 1.79. The van der Waals surface area contributed by atoms with E-state index in [2.05, 4.69) is 40.8 Å². The SMILES string of the molecule is CC(C)(C)NC(=O)CC1(C(=O)N2CCC(c3c[nH]c4ccccc34)CC2)CCCC1. The van der Waals surface area contributed by atoms with Gasteiger partial charge in [0.05, 0.1) is 5.41 Å². The number of rotatable bonds is 4. The number of likely N-dealkylation sites (tertiary alicyclic amines) is 1. The fraction of sp³-hybridized carbons (Fsp3) is 0.600. The van der Waals surface area contributed by atoms with Gasteiger partial charge < -0.3 is 15.2 Å². The first-order valence-electron chi connectivity index (χ1n) is 11.4. The fourth-order valence-corrected chi connectivity index (χ4v) is 5.45. The summed E-state index contributed by atoms with van der Waals surface area (Å²) in [6.45, 7) is 7.54.